The molecule has 3 rings (SSSR count). The minimum atomic E-state index is -0.944. The number of carbonyl (C=O) groups excluding carboxylic acids is 2. The Morgan fingerprint density at radius 3 is 2.76 bits per heavy atom. The highest BCUT2D eigenvalue weighted by molar-refractivity contribution is 8.00. The molecule has 1 heterocycles. The largest absolute Gasteiger partial charge is 0.324 e. The summed E-state index contributed by atoms with van der Waals surface area (Å²) in [5.41, 5.74) is 1.22. The molecule has 2 amide bonds. The number of halogens is 2. The number of hydrogen-bond acceptors (Lipinski definition) is 3. The Balaban J connectivity index is 1.80. The maximum Gasteiger partial charge on any atom is 0.237 e. The highest BCUT2D eigenvalue weighted by Crippen LogP contribution is 2.32. The van der Waals surface area contributed by atoms with Gasteiger partial charge in [-0.2, -0.15) is 0 Å². The zero-order chi connectivity index (χ0) is 18.0. The molecule has 0 radical (unpaired) electrons. The van der Waals surface area contributed by atoms with Crippen LogP contribution < -0.4 is 10.2 Å². The van der Waals surface area contributed by atoms with Crippen LogP contribution in [0.3, 0.4) is 0 Å². The molecule has 1 aliphatic rings. The molecular weight excluding hydrogens is 346 g/mol. The number of para-hydroxylation sites is 2. The predicted octanol–water partition coefficient (Wildman–Crippen LogP) is 3.82. The third kappa shape index (κ3) is 3.82. The summed E-state index contributed by atoms with van der Waals surface area (Å²) in [6.07, 6.45) is 0.191. The number of nitrogens with one attached hydrogen (secondary N) is 1. The average Bonchev–Trinajstić information content (AvgIpc) is 2.70. The normalized spacial score (nSPS) is 16.8. The van der Waals surface area contributed by atoms with Gasteiger partial charge in [0.15, 0.2) is 11.6 Å². The van der Waals surface area contributed by atoms with Gasteiger partial charge in [0.1, 0.15) is 0 Å². The van der Waals surface area contributed by atoms with Crippen LogP contribution in [0.5, 0.6) is 0 Å². The maximum atomic E-state index is 13.3. The second-order valence-electron chi connectivity index (χ2n) is 5.75. The summed E-state index contributed by atoms with van der Waals surface area (Å²) in [7, 11) is 0. The molecule has 7 heteroatoms. The van der Waals surface area contributed by atoms with E-state index in [-0.39, 0.29) is 30.0 Å². The van der Waals surface area contributed by atoms with E-state index in [9.17, 15) is 18.4 Å². The fourth-order valence-corrected chi connectivity index (χ4v) is 3.53. The number of anilines is 2. The van der Waals surface area contributed by atoms with Crippen molar-refractivity contribution in [3.05, 3.63) is 54.1 Å². The van der Waals surface area contributed by atoms with Crippen molar-refractivity contribution in [3.63, 3.8) is 0 Å². The number of hydrogen-bond donors (Lipinski definition) is 1. The summed E-state index contributed by atoms with van der Waals surface area (Å²) in [6, 6.07) is 10.3. The molecule has 0 bridgehead atoms. The first-order valence-electron chi connectivity index (χ1n) is 7.74. The van der Waals surface area contributed by atoms with Gasteiger partial charge in [-0.3, -0.25) is 9.59 Å². The van der Waals surface area contributed by atoms with Crippen molar-refractivity contribution < 1.29 is 18.4 Å². The smallest absolute Gasteiger partial charge is 0.237 e. The molecule has 0 unspecified atom stereocenters. The van der Waals surface area contributed by atoms with Crippen LogP contribution in [0.1, 0.15) is 13.3 Å². The minimum Gasteiger partial charge on any atom is -0.324 e. The van der Waals surface area contributed by atoms with Gasteiger partial charge in [0.25, 0.3) is 0 Å². The lowest BCUT2D eigenvalue weighted by Gasteiger charge is -2.27. The van der Waals surface area contributed by atoms with E-state index in [0.29, 0.717) is 16.3 Å². The molecule has 1 atom stereocenters. The summed E-state index contributed by atoms with van der Waals surface area (Å²) in [4.78, 5) is 26.7. The number of carbonyl (C=O) groups is 2. The minimum absolute atomic E-state index is 0.0535. The number of benzene rings is 2. The Morgan fingerprint density at radius 1 is 1.24 bits per heavy atom. The highest BCUT2D eigenvalue weighted by atomic mass is 32.2. The molecular formula is C18H16F2N2O2S. The SMILES string of the molecule is C[C@H]1CC(=O)Nc2ccccc2N1C(=O)CSc1ccc(F)c(F)c1. The van der Waals surface area contributed by atoms with Crippen LogP contribution >= 0.6 is 11.8 Å². The first-order chi connectivity index (χ1) is 12.0. The molecule has 0 aliphatic carbocycles. The lowest BCUT2D eigenvalue weighted by molar-refractivity contribution is -0.117. The van der Waals surface area contributed by atoms with E-state index in [1.54, 1.807) is 29.2 Å². The van der Waals surface area contributed by atoms with Gasteiger partial charge in [-0.1, -0.05) is 12.1 Å². The summed E-state index contributed by atoms with van der Waals surface area (Å²) < 4.78 is 26.3. The molecule has 0 saturated heterocycles. The Hall–Kier alpha value is -2.41. The van der Waals surface area contributed by atoms with Crippen LogP contribution in [0.4, 0.5) is 20.2 Å². The fourth-order valence-electron chi connectivity index (χ4n) is 2.75. The monoisotopic (exact) mass is 362 g/mol. The molecule has 2 aromatic rings. The van der Waals surface area contributed by atoms with Gasteiger partial charge < -0.3 is 10.2 Å². The van der Waals surface area contributed by atoms with E-state index in [0.717, 1.165) is 23.9 Å². The van der Waals surface area contributed by atoms with Crippen molar-refractivity contribution in [2.45, 2.75) is 24.3 Å². The second-order valence-corrected chi connectivity index (χ2v) is 6.80. The molecule has 0 fully saturated rings. The van der Waals surface area contributed by atoms with Crippen LogP contribution in [0.2, 0.25) is 0 Å². The lowest BCUT2D eigenvalue weighted by atomic mass is 10.2. The second kappa shape index (κ2) is 7.23. The number of fused-ring (bicyclic) bond motifs is 1. The van der Waals surface area contributed by atoms with E-state index in [4.69, 9.17) is 0 Å². The Kier molecular flexibility index (Phi) is 5.03. The Morgan fingerprint density at radius 2 is 2.00 bits per heavy atom. The van der Waals surface area contributed by atoms with E-state index < -0.39 is 11.6 Å². The van der Waals surface area contributed by atoms with Gasteiger partial charge in [-0.15, -0.1) is 11.8 Å². The summed E-state index contributed by atoms with van der Waals surface area (Å²) in [6.45, 7) is 1.81. The van der Waals surface area contributed by atoms with Gasteiger partial charge in [0.05, 0.1) is 17.1 Å². The van der Waals surface area contributed by atoms with Crippen molar-refractivity contribution in [1.82, 2.24) is 0 Å². The van der Waals surface area contributed by atoms with Crippen LogP contribution in [0.25, 0.3) is 0 Å². The fraction of sp³-hybridized carbons (Fsp3) is 0.222. The van der Waals surface area contributed by atoms with Gasteiger partial charge in [0.2, 0.25) is 11.8 Å². The molecule has 130 valence electrons. The van der Waals surface area contributed by atoms with Crippen molar-refractivity contribution in [3.8, 4) is 0 Å². The van der Waals surface area contributed by atoms with E-state index >= 15 is 0 Å². The van der Waals surface area contributed by atoms with Crippen molar-refractivity contribution >= 4 is 35.0 Å². The van der Waals surface area contributed by atoms with Crippen LogP contribution in [-0.2, 0) is 9.59 Å². The number of rotatable bonds is 3. The van der Waals surface area contributed by atoms with E-state index in [1.807, 2.05) is 6.92 Å². The van der Waals surface area contributed by atoms with Gasteiger partial charge in [-0.05, 0) is 37.3 Å². The summed E-state index contributed by atoms with van der Waals surface area (Å²) >= 11 is 1.13. The van der Waals surface area contributed by atoms with Crippen LogP contribution in [-0.4, -0.2) is 23.6 Å². The van der Waals surface area contributed by atoms with E-state index in [2.05, 4.69) is 5.32 Å². The number of thioether (sulfide) groups is 1. The summed E-state index contributed by atoms with van der Waals surface area (Å²) in [5.74, 6) is -2.16. The number of nitrogens with zero attached hydrogens (tertiary/aromatic N) is 1. The first-order valence-corrected chi connectivity index (χ1v) is 8.73. The quantitative estimate of drug-likeness (QED) is 0.845. The molecule has 1 aliphatic heterocycles. The molecule has 1 N–H and O–H groups in total. The van der Waals surface area contributed by atoms with Gasteiger partial charge >= 0.3 is 0 Å². The van der Waals surface area contributed by atoms with Crippen LogP contribution in [0, 0.1) is 11.6 Å². The van der Waals surface area contributed by atoms with Gasteiger partial charge in [-0.25, -0.2) is 8.78 Å². The zero-order valence-electron chi connectivity index (χ0n) is 13.5. The standard InChI is InChI=1S/C18H16F2N2O2S/c1-11-8-17(23)21-15-4-2-3-5-16(15)22(11)18(24)10-25-12-6-7-13(19)14(20)9-12/h2-7,9,11H,8,10H2,1H3,(H,21,23)/t11-/m0/s1. The summed E-state index contributed by atoms with van der Waals surface area (Å²) in [5, 5.41) is 2.79. The van der Waals surface area contributed by atoms with Crippen molar-refractivity contribution in [1.29, 1.82) is 0 Å². The molecule has 2 aromatic carbocycles. The molecule has 0 aromatic heterocycles. The van der Waals surface area contributed by atoms with Crippen molar-refractivity contribution in [2.75, 3.05) is 16.0 Å². The zero-order valence-corrected chi connectivity index (χ0v) is 14.3. The average molecular weight is 362 g/mol. The highest BCUT2D eigenvalue weighted by Gasteiger charge is 2.29. The van der Waals surface area contributed by atoms with Crippen LogP contribution in [0.15, 0.2) is 47.4 Å². The predicted molar refractivity (Wildman–Crippen MR) is 93.7 cm³/mol. The third-order valence-corrected chi connectivity index (χ3v) is 4.86. The molecule has 4 nitrogen and oxygen atoms in total. The van der Waals surface area contributed by atoms with Gasteiger partial charge in [0, 0.05) is 17.4 Å². The van der Waals surface area contributed by atoms with Crippen molar-refractivity contribution in [2.24, 2.45) is 0 Å². The molecule has 25 heavy (non-hydrogen) atoms. The number of amides is 2. The molecule has 0 saturated carbocycles. The Labute approximate surface area is 148 Å². The third-order valence-electron chi connectivity index (χ3n) is 3.88. The first kappa shape index (κ1) is 17.4. The molecule has 0 spiro atoms. The maximum absolute atomic E-state index is 13.3. The lowest BCUT2D eigenvalue weighted by Crippen LogP contribution is -2.40. The van der Waals surface area contributed by atoms with E-state index in [1.165, 1.54) is 6.07 Å². The topological polar surface area (TPSA) is 49.4 Å². The Bertz CT molecular complexity index is 828.